The van der Waals surface area contributed by atoms with Gasteiger partial charge in [0, 0.05) is 12.0 Å². The van der Waals surface area contributed by atoms with E-state index < -0.39 is 12.0 Å². The third-order valence-corrected chi connectivity index (χ3v) is 3.60. The number of amides is 1. The maximum Gasteiger partial charge on any atom is 0.325 e. The number of ether oxygens (including phenoxy) is 1. The Morgan fingerprint density at radius 3 is 2.12 bits per heavy atom. The van der Waals surface area contributed by atoms with Gasteiger partial charge in [-0.05, 0) is 30.2 Å². The van der Waals surface area contributed by atoms with Crippen LogP contribution in [0.15, 0.2) is 67.2 Å². The molecule has 5 heteroatoms. The molecular formula is C20H22N2O3. The Hall–Kier alpha value is -2.92. The molecule has 0 aliphatic rings. The Balaban J connectivity index is 2.02. The second-order valence-corrected chi connectivity index (χ2v) is 5.44. The lowest BCUT2D eigenvalue weighted by Crippen LogP contribution is -2.48. The summed E-state index contributed by atoms with van der Waals surface area (Å²) in [5.41, 5.74) is 7.55. The summed E-state index contributed by atoms with van der Waals surface area (Å²) < 4.78 is 5.08. The summed E-state index contributed by atoms with van der Waals surface area (Å²) in [4.78, 5) is 24.3. The van der Waals surface area contributed by atoms with Crippen molar-refractivity contribution >= 4 is 17.4 Å². The summed E-state index contributed by atoms with van der Waals surface area (Å²) >= 11 is 0. The van der Waals surface area contributed by atoms with E-state index in [2.05, 4.69) is 17.4 Å². The van der Waals surface area contributed by atoms with E-state index in [1.165, 1.54) is 0 Å². The maximum atomic E-state index is 12.2. The Kier molecular flexibility index (Phi) is 6.92. The van der Waals surface area contributed by atoms with Crippen LogP contribution in [0, 0.1) is 0 Å². The first-order chi connectivity index (χ1) is 12.1. The minimum atomic E-state index is -0.722. The van der Waals surface area contributed by atoms with Crippen LogP contribution >= 0.6 is 0 Å². The minimum absolute atomic E-state index is 0.265. The van der Waals surface area contributed by atoms with Crippen LogP contribution in [0.3, 0.4) is 0 Å². The normalized spacial score (nSPS) is 11.4. The summed E-state index contributed by atoms with van der Waals surface area (Å²) in [6.07, 6.45) is 0.317. The predicted molar refractivity (Wildman–Crippen MR) is 97.6 cm³/mol. The van der Waals surface area contributed by atoms with Crippen LogP contribution in [-0.4, -0.2) is 24.5 Å². The fourth-order valence-electron chi connectivity index (χ4n) is 2.29. The van der Waals surface area contributed by atoms with E-state index in [0.29, 0.717) is 12.0 Å². The quantitative estimate of drug-likeness (QED) is 0.574. The van der Waals surface area contributed by atoms with Crippen molar-refractivity contribution < 1.29 is 14.3 Å². The molecule has 25 heavy (non-hydrogen) atoms. The Bertz CT molecular complexity index is 714. The first-order valence-electron chi connectivity index (χ1n) is 8.12. The number of hydrazine groups is 1. The molecule has 130 valence electrons. The van der Waals surface area contributed by atoms with Crippen molar-refractivity contribution in [2.45, 2.75) is 19.4 Å². The average molecular weight is 338 g/mol. The molecule has 5 nitrogen and oxygen atoms in total. The van der Waals surface area contributed by atoms with Gasteiger partial charge in [0.2, 0.25) is 0 Å². The van der Waals surface area contributed by atoms with Crippen molar-refractivity contribution in [3.8, 4) is 0 Å². The molecule has 1 amide bonds. The summed E-state index contributed by atoms with van der Waals surface area (Å²) in [5, 5.41) is 0. The number of esters is 1. The van der Waals surface area contributed by atoms with Gasteiger partial charge in [0.15, 0.2) is 0 Å². The van der Waals surface area contributed by atoms with E-state index in [4.69, 9.17) is 4.74 Å². The van der Waals surface area contributed by atoms with Crippen molar-refractivity contribution in [1.29, 1.82) is 0 Å². The average Bonchev–Trinajstić information content (AvgIpc) is 2.66. The lowest BCUT2D eigenvalue weighted by molar-refractivity contribution is -0.145. The molecule has 2 rings (SSSR count). The van der Waals surface area contributed by atoms with E-state index in [-0.39, 0.29) is 12.5 Å². The van der Waals surface area contributed by atoms with E-state index in [0.717, 1.165) is 11.1 Å². The Morgan fingerprint density at radius 2 is 1.56 bits per heavy atom. The number of rotatable bonds is 8. The molecule has 1 atom stereocenters. The zero-order chi connectivity index (χ0) is 18.1. The van der Waals surface area contributed by atoms with E-state index in [1.54, 1.807) is 31.2 Å². The lowest BCUT2D eigenvalue weighted by Gasteiger charge is -2.19. The van der Waals surface area contributed by atoms with Crippen molar-refractivity contribution in [1.82, 2.24) is 10.9 Å². The SMILES string of the molecule is C=C(C[C@H](NNC(=O)c1ccccc1)C(=O)OCC)c1ccccc1. The molecule has 0 saturated heterocycles. The van der Waals surface area contributed by atoms with E-state index >= 15 is 0 Å². The van der Waals surface area contributed by atoms with Crippen LogP contribution < -0.4 is 10.9 Å². The third kappa shape index (κ3) is 5.58. The second kappa shape index (κ2) is 9.39. The van der Waals surface area contributed by atoms with Crippen LogP contribution in [0.1, 0.15) is 29.3 Å². The summed E-state index contributed by atoms with van der Waals surface area (Å²) in [7, 11) is 0. The highest BCUT2D eigenvalue weighted by Crippen LogP contribution is 2.18. The molecule has 0 saturated carbocycles. The second-order valence-electron chi connectivity index (χ2n) is 5.44. The van der Waals surface area contributed by atoms with Crippen molar-refractivity contribution in [2.24, 2.45) is 0 Å². The predicted octanol–water partition coefficient (Wildman–Crippen LogP) is 2.96. The van der Waals surface area contributed by atoms with Gasteiger partial charge in [-0.1, -0.05) is 55.1 Å². The molecule has 0 bridgehead atoms. The fourth-order valence-corrected chi connectivity index (χ4v) is 2.29. The van der Waals surface area contributed by atoms with Gasteiger partial charge < -0.3 is 4.74 Å². The third-order valence-electron chi connectivity index (χ3n) is 3.60. The maximum absolute atomic E-state index is 12.2. The molecule has 0 aliphatic heterocycles. The molecule has 0 fully saturated rings. The monoisotopic (exact) mass is 338 g/mol. The van der Waals surface area contributed by atoms with Gasteiger partial charge in [-0.3, -0.25) is 15.0 Å². The first kappa shape index (κ1) is 18.4. The Labute approximate surface area is 147 Å². The first-order valence-corrected chi connectivity index (χ1v) is 8.12. The van der Waals surface area contributed by atoms with Crippen LogP contribution in [-0.2, 0) is 9.53 Å². The minimum Gasteiger partial charge on any atom is -0.465 e. The van der Waals surface area contributed by atoms with E-state index in [1.807, 2.05) is 36.4 Å². The Morgan fingerprint density at radius 1 is 1.00 bits per heavy atom. The van der Waals surface area contributed by atoms with Gasteiger partial charge in [0.1, 0.15) is 6.04 Å². The summed E-state index contributed by atoms with van der Waals surface area (Å²) in [6.45, 7) is 6.04. The van der Waals surface area contributed by atoms with Crippen LogP contribution in [0.2, 0.25) is 0 Å². The number of carbonyl (C=O) groups excluding carboxylic acids is 2. The van der Waals surface area contributed by atoms with Crippen LogP contribution in [0.25, 0.3) is 5.57 Å². The largest absolute Gasteiger partial charge is 0.465 e. The number of carbonyl (C=O) groups is 2. The number of nitrogens with one attached hydrogen (secondary N) is 2. The highest BCUT2D eigenvalue weighted by Gasteiger charge is 2.22. The highest BCUT2D eigenvalue weighted by molar-refractivity contribution is 5.94. The number of benzene rings is 2. The molecular weight excluding hydrogens is 316 g/mol. The number of hydrogen-bond donors (Lipinski definition) is 2. The van der Waals surface area contributed by atoms with Crippen molar-refractivity contribution in [3.63, 3.8) is 0 Å². The van der Waals surface area contributed by atoms with Crippen molar-refractivity contribution in [2.75, 3.05) is 6.61 Å². The lowest BCUT2D eigenvalue weighted by atomic mass is 10.0. The zero-order valence-electron chi connectivity index (χ0n) is 14.2. The summed E-state index contributed by atoms with van der Waals surface area (Å²) in [5.74, 6) is -0.756. The van der Waals surface area contributed by atoms with E-state index in [9.17, 15) is 9.59 Å². The van der Waals surface area contributed by atoms with Crippen molar-refractivity contribution in [3.05, 3.63) is 78.4 Å². The summed E-state index contributed by atoms with van der Waals surface area (Å²) in [6, 6.07) is 17.6. The van der Waals surface area contributed by atoms with Gasteiger partial charge in [0.25, 0.3) is 5.91 Å². The smallest absolute Gasteiger partial charge is 0.325 e. The van der Waals surface area contributed by atoms with Gasteiger partial charge in [0.05, 0.1) is 6.61 Å². The zero-order valence-corrected chi connectivity index (χ0v) is 14.2. The molecule has 2 aromatic carbocycles. The molecule has 2 aromatic rings. The van der Waals surface area contributed by atoms with Gasteiger partial charge in [-0.15, -0.1) is 0 Å². The molecule has 0 spiro atoms. The topological polar surface area (TPSA) is 67.4 Å². The van der Waals surface area contributed by atoms with Crippen LogP contribution in [0.4, 0.5) is 0 Å². The molecule has 0 unspecified atom stereocenters. The van der Waals surface area contributed by atoms with Crippen LogP contribution in [0.5, 0.6) is 0 Å². The van der Waals surface area contributed by atoms with Gasteiger partial charge in [-0.2, -0.15) is 0 Å². The van der Waals surface area contributed by atoms with Gasteiger partial charge >= 0.3 is 5.97 Å². The molecule has 0 aliphatic carbocycles. The number of hydrogen-bond acceptors (Lipinski definition) is 4. The fraction of sp³-hybridized carbons (Fsp3) is 0.200. The molecule has 0 heterocycles. The molecule has 2 N–H and O–H groups in total. The standard InChI is InChI=1S/C20H22N2O3/c1-3-25-20(24)18(14-15(2)16-10-6-4-7-11-16)21-22-19(23)17-12-8-5-9-13-17/h4-13,18,21H,2-3,14H2,1H3,(H,22,23)/t18-/m0/s1. The highest BCUT2D eigenvalue weighted by atomic mass is 16.5. The molecule has 0 aromatic heterocycles. The molecule has 0 radical (unpaired) electrons. The van der Waals surface area contributed by atoms with Gasteiger partial charge in [-0.25, -0.2) is 5.43 Å².